The molecule has 0 amide bonds. The molecule has 1 heterocycles. The summed E-state index contributed by atoms with van der Waals surface area (Å²) in [4.78, 5) is 10.9. The molecule has 22 heavy (non-hydrogen) atoms. The number of carbonyl (C=O) groups is 1. The fraction of sp³-hybridized carbons (Fsp3) is 0.562. The zero-order valence-corrected chi connectivity index (χ0v) is 13.0. The van der Waals surface area contributed by atoms with Crippen molar-refractivity contribution in [3.05, 3.63) is 17.7 Å². The zero-order valence-electron chi connectivity index (χ0n) is 13.0. The quantitative estimate of drug-likeness (QED) is 0.468. The first-order valence-electron chi connectivity index (χ1n) is 7.58. The molecule has 0 fully saturated rings. The molecule has 0 radical (unpaired) electrons. The second kappa shape index (κ2) is 6.98. The van der Waals surface area contributed by atoms with E-state index in [-0.39, 0.29) is 24.2 Å². The summed E-state index contributed by atoms with van der Waals surface area (Å²) in [6.45, 7) is 4.74. The maximum absolute atomic E-state index is 10.9. The van der Waals surface area contributed by atoms with Crippen LogP contribution in [0.1, 0.15) is 31.9 Å². The summed E-state index contributed by atoms with van der Waals surface area (Å²) in [5, 5.41) is 23.6. The Bertz CT molecular complexity index is 533. The lowest BCUT2D eigenvalue weighted by Gasteiger charge is -2.31. The van der Waals surface area contributed by atoms with Gasteiger partial charge >= 0.3 is 0 Å². The monoisotopic (exact) mass is 308 g/mol. The van der Waals surface area contributed by atoms with Crippen molar-refractivity contribution in [3.63, 3.8) is 0 Å². The van der Waals surface area contributed by atoms with Gasteiger partial charge in [-0.1, -0.05) is 13.8 Å². The summed E-state index contributed by atoms with van der Waals surface area (Å²) in [7, 11) is 0. The van der Waals surface area contributed by atoms with Crippen LogP contribution >= 0.6 is 0 Å². The summed E-state index contributed by atoms with van der Waals surface area (Å²) >= 11 is 0. The lowest BCUT2D eigenvalue weighted by atomic mass is 9.83. The number of phenolic OH excluding ortho intramolecular Hbond substituents is 1. The molecule has 0 bridgehead atoms. The molecule has 0 saturated heterocycles. The number of nitrogens with one attached hydrogen (secondary N) is 1. The average Bonchev–Trinajstić information content (AvgIpc) is 2.52. The number of aliphatic hydroxyl groups excluding tert-OH is 1. The van der Waals surface area contributed by atoms with Crippen molar-refractivity contribution in [1.29, 1.82) is 0 Å². The van der Waals surface area contributed by atoms with E-state index in [1.807, 2.05) is 13.8 Å². The number of hydrogen-bond acceptors (Lipinski definition) is 6. The molecule has 2 rings (SSSR count). The highest BCUT2D eigenvalue weighted by Gasteiger charge is 2.31. The Morgan fingerprint density at radius 1 is 1.50 bits per heavy atom. The van der Waals surface area contributed by atoms with Crippen LogP contribution in [0.3, 0.4) is 0 Å². The van der Waals surface area contributed by atoms with Crippen molar-refractivity contribution in [2.75, 3.05) is 18.5 Å². The summed E-state index contributed by atoms with van der Waals surface area (Å²) in [6.07, 6.45) is 0.683. The highest BCUT2D eigenvalue weighted by atomic mass is 16.5. The van der Waals surface area contributed by atoms with E-state index in [4.69, 9.17) is 10.5 Å². The number of aliphatic hydroxyl groups is 1. The van der Waals surface area contributed by atoms with Gasteiger partial charge in [0.2, 0.25) is 0 Å². The van der Waals surface area contributed by atoms with Gasteiger partial charge in [0.15, 0.2) is 5.75 Å². The second-order valence-corrected chi connectivity index (χ2v) is 6.01. The Balaban J connectivity index is 2.38. The number of aromatic hydroxyl groups is 1. The van der Waals surface area contributed by atoms with Crippen molar-refractivity contribution in [2.24, 2.45) is 17.6 Å². The fourth-order valence-corrected chi connectivity index (χ4v) is 2.87. The number of carbonyl (C=O) groups excluding carboxylic acids is 1. The number of ether oxygens (including phenoxy) is 1. The first kappa shape index (κ1) is 16.6. The normalized spacial score (nSPS) is 19.8. The van der Waals surface area contributed by atoms with Crippen molar-refractivity contribution in [2.45, 2.75) is 32.4 Å². The molecule has 6 nitrogen and oxygen atoms in total. The summed E-state index contributed by atoms with van der Waals surface area (Å²) in [6, 6.07) is 2.66. The topological polar surface area (TPSA) is 105 Å². The van der Waals surface area contributed by atoms with Crippen LogP contribution < -0.4 is 15.8 Å². The van der Waals surface area contributed by atoms with Gasteiger partial charge in [0.1, 0.15) is 30.4 Å². The molecule has 1 aliphatic rings. The van der Waals surface area contributed by atoms with E-state index in [1.54, 1.807) is 6.07 Å². The minimum absolute atomic E-state index is 0.00239. The molecule has 0 aliphatic carbocycles. The first-order chi connectivity index (χ1) is 10.5. The Kier molecular flexibility index (Phi) is 5.26. The van der Waals surface area contributed by atoms with Gasteiger partial charge in [-0.25, -0.2) is 0 Å². The number of benzene rings is 1. The van der Waals surface area contributed by atoms with E-state index in [1.165, 1.54) is 6.07 Å². The largest absolute Gasteiger partial charge is 0.506 e. The van der Waals surface area contributed by atoms with E-state index in [2.05, 4.69) is 5.32 Å². The van der Waals surface area contributed by atoms with Crippen molar-refractivity contribution >= 4 is 12.0 Å². The van der Waals surface area contributed by atoms with E-state index in [0.717, 1.165) is 6.29 Å². The Labute approximate surface area is 130 Å². The van der Waals surface area contributed by atoms with Crippen molar-refractivity contribution in [1.82, 2.24) is 0 Å². The molecule has 1 aromatic carbocycles. The number of fused-ring (bicyclic) bond motifs is 1. The van der Waals surface area contributed by atoms with Crippen molar-refractivity contribution < 1.29 is 19.7 Å². The molecule has 0 aromatic heterocycles. The number of anilines is 1. The number of nitrogens with two attached hydrogens (primary N) is 1. The number of phenols is 1. The molecular formula is C16H24N2O4. The maximum atomic E-state index is 10.9. The molecule has 1 aliphatic heterocycles. The smallest absolute Gasteiger partial charge is 0.152 e. The van der Waals surface area contributed by atoms with E-state index in [9.17, 15) is 15.0 Å². The Morgan fingerprint density at radius 2 is 2.23 bits per heavy atom. The number of hydrogen-bond donors (Lipinski definition) is 4. The summed E-state index contributed by atoms with van der Waals surface area (Å²) < 4.78 is 5.62. The van der Waals surface area contributed by atoms with Gasteiger partial charge in [-0.05, 0) is 36.9 Å². The van der Waals surface area contributed by atoms with Crippen LogP contribution in [0, 0.1) is 11.8 Å². The minimum Gasteiger partial charge on any atom is -0.506 e. The highest BCUT2D eigenvalue weighted by Crippen LogP contribution is 2.44. The minimum atomic E-state index is -0.743. The molecule has 3 unspecified atom stereocenters. The van der Waals surface area contributed by atoms with Gasteiger partial charge in [0, 0.05) is 5.56 Å². The van der Waals surface area contributed by atoms with E-state index < -0.39 is 12.1 Å². The van der Waals surface area contributed by atoms with Crippen LogP contribution in [0.5, 0.6) is 11.5 Å². The third kappa shape index (κ3) is 3.18. The van der Waals surface area contributed by atoms with Gasteiger partial charge in [-0.2, -0.15) is 0 Å². The van der Waals surface area contributed by atoms with E-state index in [0.29, 0.717) is 30.0 Å². The third-order valence-corrected chi connectivity index (χ3v) is 4.15. The van der Waals surface area contributed by atoms with Crippen LogP contribution in [-0.4, -0.2) is 35.7 Å². The summed E-state index contributed by atoms with van der Waals surface area (Å²) in [5.74, 6) is 0.652. The number of aldehydes is 1. The molecule has 0 saturated carbocycles. The first-order valence-corrected chi connectivity index (χ1v) is 7.58. The standard InChI is InChI=1S/C16H24N2O4/c1-9(2)11(5-6-17)15(21)12-3-4-13(20)14-16(12)22-8-10(7-19)18-14/h3-4,7,9-11,15,18,20-21H,5-6,8,17H2,1-2H3. The van der Waals surface area contributed by atoms with Crippen LogP contribution in [-0.2, 0) is 4.79 Å². The zero-order chi connectivity index (χ0) is 16.3. The van der Waals surface area contributed by atoms with Crippen LogP contribution in [0.15, 0.2) is 12.1 Å². The van der Waals surface area contributed by atoms with Gasteiger partial charge < -0.3 is 30.8 Å². The highest BCUT2D eigenvalue weighted by molar-refractivity contribution is 5.75. The summed E-state index contributed by atoms with van der Waals surface area (Å²) in [5.41, 5.74) is 6.61. The predicted molar refractivity (Wildman–Crippen MR) is 84.0 cm³/mol. The van der Waals surface area contributed by atoms with Gasteiger partial charge in [0.05, 0.1) is 6.10 Å². The second-order valence-electron chi connectivity index (χ2n) is 6.01. The van der Waals surface area contributed by atoms with Gasteiger partial charge in [-0.3, -0.25) is 0 Å². The van der Waals surface area contributed by atoms with Crippen LogP contribution in [0.2, 0.25) is 0 Å². The maximum Gasteiger partial charge on any atom is 0.152 e. The molecular weight excluding hydrogens is 284 g/mol. The van der Waals surface area contributed by atoms with E-state index >= 15 is 0 Å². The SMILES string of the molecule is CC(C)C(CCN)C(O)c1ccc(O)c2c1OCC(C=O)N2. The van der Waals surface area contributed by atoms with Crippen LogP contribution in [0.25, 0.3) is 0 Å². The molecule has 5 N–H and O–H groups in total. The van der Waals surface area contributed by atoms with Crippen molar-refractivity contribution in [3.8, 4) is 11.5 Å². The molecule has 122 valence electrons. The lowest BCUT2D eigenvalue weighted by molar-refractivity contribution is -0.109. The molecule has 0 spiro atoms. The van der Waals surface area contributed by atoms with Gasteiger partial charge in [0.25, 0.3) is 0 Å². The molecule has 1 aromatic rings. The third-order valence-electron chi connectivity index (χ3n) is 4.15. The average molecular weight is 308 g/mol. The predicted octanol–water partition coefficient (Wildman–Crippen LogP) is 1.42. The lowest BCUT2D eigenvalue weighted by Crippen LogP contribution is -2.33. The van der Waals surface area contributed by atoms with Crippen LogP contribution in [0.4, 0.5) is 5.69 Å². The number of rotatable bonds is 6. The molecule has 6 heteroatoms. The molecule has 3 atom stereocenters. The Hall–Kier alpha value is -1.79. The Morgan fingerprint density at radius 3 is 2.82 bits per heavy atom. The fourth-order valence-electron chi connectivity index (χ4n) is 2.87. The van der Waals surface area contributed by atoms with Gasteiger partial charge in [-0.15, -0.1) is 0 Å².